The van der Waals surface area contributed by atoms with Crippen LogP contribution >= 0.6 is 23.7 Å². The lowest BCUT2D eigenvalue weighted by molar-refractivity contribution is 0.383. The zero-order valence-electron chi connectivity index (χ0n) is 9.02. The minimum absolute atomic E-state index is 0. The number of hydrogen-bond acceptors (Lipinski definition) is 2. The predicted octanol–water partition coefficient (Wildman–Crippen LogP) is 4.14. The lowest BCUT2D eigenvalue weighted by Gasteiger charge is -2.21. The van der Waals surface area contributed by atoms with Gasteiger partial charge < -0.3 is 5.73 Å². The van der Waals surface area contributed by atoms with E-state index in [9.17, 15) is 0 Å². The van der Waals surface area contributed by atoms with E-state index in [0.29, 0.717) is 6.04 Å². The van der Waals surface area contributed by atoms with Crippen molar-refractivity contribution in [1.82, 2.24) is 0 Å². The second kappa shape index (κ2) is 6.51. The zero-order valence-corrected chi connectivity index (χ0v) is 10.7. The second-order valence-electron chi connectivity index (χ2n) is 4.33. The Morgan fingerprint density at radius 2 is 1.87 bits per heavy atom. The lowest BCUT2D eigenvalue weighted by atomic mass is 9.89. The molecule has 15 heavy (non-hydrogen) atoms. The van der Waals surface area contributed by atoms with Crippen molar-refractivity contribution < 1.29 is 0 Å². The highest BCUT2D eigenvalue weighted by Crippen LogP contribution is 2.32. The summed E-state index contributed by atoms with van der Waals surface area (Å²) in [7, 11) is 0. The van der Waals surface area contributed by atoms with Crippen molar-refractivity contribution in [3.05, 3.63) is 22.4 Å². The van der Waals surface area contributed by atoms with Crippen LogP contribution in [0.3, 0.4) is 0 Å². The highest BCUT2D eigenvalue weighted by molar-refractivity contribution is 7.07. The smallest absolute Gasteiger partial charge is 0.0331 e. The molecule has 0 spiro atoms. The molecular weight excluding hydrogens is 226 g/mol. The summed E-state index contributed by atoms with van der Waals surface area (Å²) in [6, 6.07) is 2.47. The maximum absolute atomic E-state index is 6.29. The van der Waals surface area contributed by atoms with Gasteiger partial charge in [0.2, 0.25) is 0 Å². The molecular formula is C12H20ClNS. The molecule has 1 aliphatic carbocycles. The molecule has 1 aromatic rings. The average molecular weight is 246 g/mol. The van der Waals surface area contributed by atoms with E-state index < -0.39 is 0 Å². The minimum Gasteiger partial charge on any atom is -0.324 e. The Morgan fingerprint density at radius 1 is 1.20 bits per heavy atom. The summed E-state index contributed by atoms with van der Waals surface area (Å²) in [5.74, 6) is 0.729. The van der Waals surface area contributed by atoms with E-state index >= 15 is 0 Å². The minimum atomic E-state index is 0. The quantitative estimate of drug-likeness (QED) is 0.779. The largest absolute Gasteiger partial charge is 0.324 e. The first-order valence-electron chi connectivity index (χ1n) is 5.65. The summed E-state index contributed by atoms with van der Waals surface area (Å²) < 4.78 is 0. The topological polar surface area (TPSA) is 26.0 Å². The summed E-state index contributed by atoms with van der Waals surface area (Å²) >= 11 is 1.76. The third kappa shape index (κ3) is 3.47. The van der Waals surface area contributed by atoms with Gasteiger partial charge >= 0.3 is 0 Å². The van der Waals surface area contributed by atoms with E-state index in [0.717, 1.165) is 5.92 Å². The highest BCUT2D eigenvalue weighted by atomic mass is 35.5. The fourth-order valence-electron chi connectivity index (χ4n) is 2.41. The summed E-state index contributed by atoms with van der Waals surface area (Å²) in [5, 5.41) is 4.33. The first-order chi connectivity index (χ1) is 6.88. The van der Waals surface area contributed by atoms with Crippen molar-refractivity contribution in [2.45, 2.75) is 44.6 Å². The maximum atomic E-state index is 6.29. The number of hydrogen-bond donors (Lipinski definition) is 1. The van der Waals surface area contributed by atoms with Gasteiger partial charge in [-0.1, -0.05) is 25.7 Å². The van der Waals surface area contributed by atoms with E-state index in [1.807, 2.05) is 0 Å². The van der Waals surface area contributed by atoms with Gasteiger partial charge in [0, 0.05) is 6.04 Å². The molecule has 1 aromatic heterocycles. The van der Waals surface area contributed by atoms with Crippen LogP contribution in [-0.4, -0.2) is 0 Å². The normalized spacial score (nSPS) is 20.3. The molecule has 1 unspecified atom stereocenters. The summed E-state index contributed by atoms with van der Waals surface area (Å²) in [6.45, 7) is 0. The molecule has 0 radical (unpaired) electrons. The first-order valence-corrected chi connectivity index (χ1v) is 6.60. The lowest BCUT2D eigenvalue weighted by Crippen LogP contribution is -2.20. The predicted molar refractivity (Wildman–Crippen MR) is 69.7 cm³/mol. The van der Waals surface area contributed by atoms with Gasteiger partial charge in [0.1, 0.15) is 0 Å². The Labute approximate surface area is 102 Å². The van der Waals surface area contributed by atoms with E-state index in [1.165, 1.54) is 44.1 Å². The zero-order chi connectivity index (χ0) is 9.80. The summed E-state index contributed by atoms with van der Waals surface area (Å²) in [6.07, 6.45) is 8.23. The van der Waals surface area contributed by atoms with Crippen LogP contribution in [0.1, 0.15) is 50.1 Å². The van der Waals surface area contributed by atoms with E-state index in [-0.39, 0.29) is 12.4 Å². The van der Waals surface area contributed by atoms with Crippen molar-refractivity contribution in [1.29, 1.82) is 0 Å². The van der Waals surface area contributed by atoms with Gasteiger partial charge in [0.15, 0.2) is 0 Å². The van der Waals surface area contributed by atoms with Crippen molar-refractivity contribution in [2.75, 3.05) is 0 Å². The molecule has 1 nitrogen and oxygen atoms in total. The fourth-order valence-corrected chi connectivity index (χ4v) is 3.11. The fraction of sp³-hybridized carbons (Fsp3) is 0.667. The summed E-state index contributed by atoms with van der Waals surface area (Å²) in [4.78, 5) is 0. The van der Waals surface area contributed by atoms with Crippen LogP contribution in [0.4, 0.5) is 0 Å². The van der Waals surface area contributed by atoms with Crippen LogP contribution in [0, 0.1) is 5.92 Å². The molecule has 2 rings (SSSR count). The van der Waals surface area contributed by atoms with Gasteiger partial charge in [-0.2, -0.15) is 11.3 Å². The van der Waals surface area contributed by atoms with Crippen molar-refractivity contribution in [2.24, 2.45) is 11.7 Å². The van der Waals surface area contributed by atoms with Gasteiger partial charge in [-0.25, -0.2) is 0 Å². The van der Waals surface area contributed by atoms with Gasteiger partial charge in [0.05, 0.1) is 0 Å². The van der Waals surface area contributed by atoms with Crippen LogP contribution in [0.25, 0.3) is 0 Å². The van der Waals surface area contributed by atoms with Gasteiger partial charge in [-0.15, -0.1) is 12.4 Å². The molecule has 0 saturated heterocycles. The Hall–Kier alpha value is -0.0500. The molecule has 0 aliphatic heterocycles. The van der Waals surface area contributed by atoms with Crippen LogP contribution in [0.2, 0.25) is 0 Å². The molecule has 2 N–H and O–H groups in total. The Bertz CT molecular complexity index is 253. The van der Waals surface area contributed by atoms with Gasteiger partial charge in [-0.3, -0.25) is 0 Å². The Kier molecular flexibility index (Phi) is 5.65. The van der Waals surface area contributed by atoms with Crippen molar-refractivity contribution >= 4 is 23.7 Å². The molecule has 0 amide bonds. The number of thiophene rings is 1. The van der Waals surface area contributed by atoms with Crippen LogP contribution < -0.4 is 5.73 Å². The molecule has 1 heterocycles. The molecule has 0 bridgehead atoms. The molecule has 1 saturated carbocycles. The Morgan fingerprint density at radius 3 is 2.40 bits per heavy atom. The molecule has 3 heteroatoms. The molecule has 86 valence electrons. The summed E-state index contributed by atoms with van der Waals surface area (Å²) in [5.41, 5.74) is 7.64. The standard InChI is InChI=1S/C12H19NS.ClH/c13-12(11-7-8-14-9-11)10-5-3-1-2-4-6-10;/h7-10,12H,1-6,13H2;1H. The number of nitrogens with two attached hydrogens (primary N) is 1. The van der Waals surface area contributed by atoms with Gasteiger partial charge in [-0.05, 0) is 41.1 Å². The molecule has 1 fully saturated rings. The number of halogens is 1. The van der Waals surface area contributed by atoms with Crippen LogP contribution in [0.5, 0.6) is 0 Å². The van der Waals surface area contributed by atoms with Gasteiger partial charge in [0.25, 0.3) is 0 Å². The Balaban J connectivity index is 0.00000112. The van der Waals surface area contributed by atoms with Crippen molar-refractivity contribution in [3.8, 4) is 0 Å². The highest BCUT2D eigenvalue weighted by Gasteiger charge is 2.20. The van der Waals surface area contributed by atoms with Crippen LogP contribution in [-0.2, 0) is 0 Å². The SMILES string of the molecule is Cl.NC(c1ccsc1)C1CCCCCC1. The van der Waals surface area contributed by atoms with E-state index in [1.54, 1.807) is 11.3 Å². The average Bonchev–Trinajstić information content (AvgIpc) is 2.59. The third-order valence-electron chi connectivity index (χ3n) is 3.34. The monoisotopic (exact) mass is 245 g/mol. The molecule has 1 atom stereocenters. The van der Waals surface area contributed by atoms with E-state index in [4.69, 9.17) is 5.73 Å². The first kappa shape index (κ1) is 13.0. The van der Waals surface area contributed by atoms with E-state index in [2.05, 4.69) is 16.8 Å². The van der Waals surface area contributed by atoms with Crippen molar-refractivity contribution in [3.63, 3.8) is 0 Å². The maximum Gasteiger partial charge on any atom is 0.0331 e. The van der Waals surface area contributed by atoms with Crippen LogP contribution in [0.15, 0.2) is 16.8 Å². The number of rotatable bonds is 2. The third-order valence-corrected chi connectivity index (χ3v) is 4.04. The molecule has 1 aliphatic rings. The second-order valence-corrected chi connectivity index (χ2v) is 5.11. The molecule has 0 aromatic carbocycles.